The summed E-state index contributed by atoms with van der Waals surface area (Å²) in [7, 11) is 0. The quantitative estimate of drug-likeness (QED) is 0.731. The van der Waals surface area contributed by atoms with Crippen LogP contribution in [0.5, 0.6) is 0 Å². The molecule has 1 aliphatic carbocycles. The zero-order chi connectivity index (χ0) is 18.3. The van der Waals surface area contributed by atoms with Gasteiger partial charge in [0.05, 0.1) is 10.0 Å². The van der Waals surface area contributed by atoms with E-state index in [-0.39, 0.29) is 11.6 Å². The second kappa shape index (κ2) is 7.14. The molecule has 3 heterocycles. The van der Waals surface area contributed by atoms with Crippen molar-refractivity contribution in [2.24, 2.45) is 0 Å². The number of ketones is 2. The Morgan fingerprint density at radius 1 is 0.885 bits per heavy atom. The van der Waals surface area contributed by atoms with Gasteiger partial charge in [-0.2, -0.15) is 0 Å². The van der Waals surface area contributed by atoms with Gasteiger partial charge in [0.2, 0.25) is 11.6 Å². The van der Waals surface area contributed by atoms with E-state index in [1.54, 1.807) is 0 Å². The number of aromatic nitrogens is 1. The first kappa shape index (κ1) is 17.7. The van der Waals surface area contributed by atoms with Crippen LogP contribution in [0.1, 0.15) is 64.9 Å². The van der Waals surface area contributed by atoms with Crippen molar-refractivity contribution in [1.29, 1.82) is 0 Å². The number of halogens is 1. The van der Waals surface area contributed by atoms with Crippen LogP contribution in [0, 0.1) is 6.92 Å². The molecule has 0 bridgehead atoms. The van der Waals surface area contributed by atoms with Gasteiger partial charge in [-0.05, 0) is 73.0 Å². The first-order valence-electron chi connectivity index (χ1n) is 9.58. The number of carbonyl (C=O) groups excluding carboxylic acids is 2. The van der Waals surface area contributed by atoms with Crippen LogP contribution in [0.3, 0.4) is 0 Å². The highest BCUT2D eigenvalue weighted by Crippen LogP contribution is 2.34. The smallest absolute Gasteiger partial charge is 0.221 e. The molecule has 0 unspecified atom stereocenters. The van der Waals surface area contributed by atoms with Crippen molar-refractivity contribution in [2.75, 3.05) is 31.1 Å². The molecule has 1 aromatic rings. The van der Waals surface area contributed by atoms with Crippen LogP contribution in [-0.4, -0.2) is 47.6 Å². The lowest BCUT2D eigenvalue weighted by Crippen LogP contribution is -2.37. The first-order chi connectivity index (χ1) is 12.6. The second-order valence-corrected chi connectivity index (χ2v) is 8.23. The molecule has 2 saturated heterocycles. The average Bonchev–Trinajstić information content (AvgIpc) is 2.68. The summed E-state index contributed by atoms with van der Waals surface area (Å²) in [5, 5.41) is 0. The summed E-state index contributed by atoms with van der Waals surface area (Å²) in [6.07, 6.45) is 6.83. The Morgan fingerprint density at radius 3 is 2.08 bits per heavy atom. The number of aryl methyl sites for hydroxylation is 1. The van der Waals surface area contributed by atoms with Crippen LogP contribution < -0.4 is 4.90 Å². The topological polar surface area (TPSA) is 53.5 Å². The van der Waals surface area contributed by atoms with Crippen LogP contribution >= 0.6 is 15.9 Å². The van der Waals surface area contributed by atoms with Gasteiger partial charge in [0, 0.05) is 26.2 Å². The second-order valence-electron chi connectivity index (χ2n) is 7.44. The molecule has 2 fully saturated rings. The molecule has 138 valence electrons. The predicted octanol–water partition coefficient (Wildman–Crippen LogP) is 3.85. The fraction of sp³-hybridized carbons (Fsp3) is 0.550. The number of piperidine rings is 2. The summed E-state index contributed by atoms with van der Waals surface area (Å²) >= 11 is 3.42. The number of hydrogen-bond acceptors (Lipinski definition) is 5. The minimum atomic E-state index is -0.168. The highest BCUT2D eigenvalue weighted by atomic mass is 79.9. The van der Waals surface area contributed by atoms with Gasteiger partial charge in [-0.25, -0.2) is 4.98 Å². The molecular weight excluding hydrogens is 394 g/mol. The summed E-state index contributed by atoms with van der Waals surface area (Å²) < 4.78 is 0.373. The van der Waals surface area contributed by atoms with Crippen LogP contribution in [0.4, 0.5) is 5.82 Å². The largest absolute Gasteiger partial charge is 0.367 e. The number of anilines is 1. The van der Waals surface area contributed by atoms with Gasteiger partial charge >= 0.3 is 0 Å². The molecule has 6 heteroatoms. The molecule has 2 aliphatic heterocycles. The maximum Gasteiger partial charge on any atom is 0.221 e. The van der Waals surface area contributed by atoms with E-state index in [1.807, 2.05) is 13.0 Å². The Morgan fingerprint density at radius 2 is 1.46 bits per heavy atom. The van der Waals surface area contributed by atoms with E-state index in [1.165, 1.54) is 12.8 Å². The minimum absolute atomic E-state index is 0.0748. The average molecular weight is 418 g/mol. The Hall–Kier alpha value is -1.69. The number of Topliss-reactive ketones (excluding diaryl/α,β-unsaturated/α-hetero) is 2. The normalized spacial score (nSPS) is 21.3. The first-order valence-corrected chi connectivity index (χ1v) is 10.4. The van der Waals surface area contributed by atoms with E-state index in [2.05, 4.69) is 30.7 Å². The van der Waals surface area contributed by atoms with Gasteiger partial charge in [-0.3, -0.25) is 9.59 Å². The molecule has 4 rings (SSSR count). The standard InChI is InChI=1S/C20H24BrN3O2/c1-13-12-14-16(22-20(13)24-10-6-3-7-11-24)19(26)15(21)17(18(14)25)23-8-4-2-5-9-23/h12H,2-11H2,1H3. The van der Waals surface area contributed by atoms with Crippen LogP contribution in [0.15, 0.2) is 16.2 Å². The Labute approximate surface area is 162 Å². The van der Waals surface area contributed by atoms with E-state index in [9.17, 15) is 9.59 Å². The fourth-order valence-electron chi connectivity index (χ4n) is 4.21. The van der Waals surface area contributed by atoms with Gasteiger partial charge in [-0.1, -0.05) is 0 Å². The lowest BCUT2D eigenvalue weighted by atomic mass is 9.93. The van der Waals surface area contributed by atoms with Crippen LogP contribution in [0.25, 0.3) is 0 Å². The summed E-state index contributed by atoms with van der Waals surface area (Å²) in [5.74, 6) is 0.610. The number of fused-ring (bicyclic) bond motifs is 1. The van der Waals surface area contributed by atoms with Crippen molar-refractivity contribution in [2.45, 2.75) is 45.4 Å². The molecule has 0 saturated carbocycles. The van der Waals surface area contributed by atoms with Gasteiger partial charge in [0.15, 0.2) is 0 Å². The molecule has 3 aliphatic rings. The molecule has 5 nitrogen and oxygen atoms in total. The summed E-state index contributed by atoms with van der Waals surface area (Å²) in [6, 6.07) is 1.87. The van der Waals surface area contributed by atoms with Crippen molar-refractivity contribution in [3.63, 3.8) is 0 Å². The predicted molar refractivity (Wildman–Crippen MR) is 105 cm³/mol. The molecule has 0 N–H and O–H groups in total. The van der Waals surface area contributed by atoms with Crippen molar-refractivity contribution in [3.05, 3.63) is 33.1 Å². The Balaban J connectivity index is 1.74. The van der Waals surface area contributed by atoms with Crippen LogP contribution in [0.2, 0.25) is 0 Å². The summed E-state index contributed by atoms with van der Waals surface area (Å²) in [4.78, 5) is 35.1. The lowest BCUT2D eigenvalue weighted by molar-refractivity contribution is 0.0938. The van der Waals surface area contributed by atoms with Gasteiger partial charge in [0.25, 0.3) is 0 Å². The number of rotatable bonds is 2. The highest BCUT2D eigenvalue weighted by Gasteiger charge is 2.36. The molecule has 0 radical (unpaired) electrons. The summed E-state index contributed by atoms with van der Waals surface area (Å²) in [5.41, 5.74) is 2.25. The van der Waals surface area contributed by atoms with Crippen molar-refractivity contribution in [3.8, 4) is 0 Å². The van der Waals surface area contributed by atoms with E-state index in [0.29, 0.717) is 21.4 Å². The number of allylic oxidation sites excluding steroid dienone is 2. The number of nitrogens with zero attached hydrogens (tertiary/aromatic N) is 3. The number of hydrogen-bond donors (Lipinski definition) is 0. The number of likely N-dealkylation sites (tertiary alicyclic amines) is 1. The number of carbonyl (C=O) groups is 2. The van der Waals surface area contributed by atoms with Gasteiger partial charge in [-0.15, -0.1) is 0 Å². The maximum atomic E-state index is 13.2. The molecular formula is C20H24BrN3O2. The van der Waals surface area contributed by atoms with E-state index >= 15 is 0 Å². The van der Waals surface area contributed by atoms with Crippen LogP contribution in [-0.2, 0) is 0 Å². The zero-order valence-electron chi connectivity index (χ0n) is 15.2. The lowest BCUT2D eigenvalue weighted by Gasteiger charge is -2.33. The van der Waals surface area contributed by atoms with Gasteiger partial charge in [0.1, 0.15) is 17.2 Å². The molecule has 0 amide bonds. The molecule has 0 aromatic carbocycles. The Kier molecular flexibility index (Phi) is 4.86. The third-order valence-corrected chi connectivity index (χ3v) is 6.33. The van der Waals surface area contributed by atoms with Gasteiger partial charge < -0.3 is 9.80 Å². The highest BCUT2D eigenvalue weighted by molar-refractivity contribution is 9.12. The van der Waals surface area contributed by atoms with E-state index < -0.39 is 0 Å². The molecule has 1 aromatic heterocycles. The third-order valence-electron chi connectivity index (χ3n) is 5.60. The van der Waals surface area contributed by atoms with Crippen molar-refractivity contribution >= 4 is 33.3 Å². The minimum Gasteiger partial charge on any atom is -0.367 e. The summed E-state index contributed by atoms with van der Waals surface area (Å²) in [6.45, 7) is 5.58. The van der Waals surface area contributed by atoms with Crippen molar-refractivity contribution < 1.29 is 9.59 Å². The monoisotopic (exact) mass is 417 g/mol. The van der Waals surface area contributed by atoms with E-state index in [4.69, 9.17) is 0 Å². The SMILES string of the molecule is Cc1cc2c(nc1N1CCCCC1)C(=O)C(Br)=C(N1CCCCC1)C2=O. The van der Waals surface area contributed by atoms with E-state index in [0.717, 1.165) is 63.2 Å². The molecule has 26 heavy (non-hydrogen) atoms. The Bertz CT molecular complexity index is 790. The third kappa shape index (κ3) is 2.98. The molecule has 0 atom stereocenters. The zero-order valence-corrected chi connectivity index (χ0v) is 16.8. The van der Waals surface area contributed by atoms with Crippen molar-refractivity contribution in [1.82, 2.24) is 9.88 Å². The number of pyridine rings is 1. The molecule has 0 spiro atoms. The maximum absolute atomic E-state index is 13.2. The fourth-order valence-corrected chi connectivity index (χ4v) is 4.83.